The van der Waals surface area contributed by atoms with E-state index in [0.717, 1.165) is 33.0 Å². The number of fused-ring (bicyclic) bond motifs is 1. The van der Waals surface area contributed by atoms with Gasteiger partial charge in [0.05, 0.1) is 0 Å². The number of hydrogen-bond acceptors (Lipinski definition) is 1. The van der Waals surface area contributed by atoms with Gasteiger partial charge in [0.1, 0.15) is 0 Å². The van der Waals surface area contributed by atoms with Gasteiger partial charge < -0.3 is 11.5 Å². The first-order valence-electron chi connectivity index (χ1n) is 7.83. The fourth-order valence-electron chi connectivity index (χ4n) is 2.96. The molecule has 3 rings (SSSR count). The molecule has 5 heteroatoms. The summed E-state index contributed by atoms with van der Waals surface area (Å²) in [5.41, 5.74) is 15.3. The third-order valence-corrected chi connectivity index (χ3v) is 4.43. The minimum absolute atomic E-state index is 0.251. The van der Waals surface area contributed by atoms with E-state index in [0.29, 0.717) is 11.4 Å². The molecule has 0 aliphatic carbocycles. The van der Waals surface area contributed by atoms with E-state index < -0.39 is 5.91 Å². The molecule has 0 heterocycles. The van der Waals surface area contributed by atoms with Crippen molar-refractivity contribution in [2.45, 2.75) is 12.8 Å². The molecule has 126 valence electrons. The van der Waals surface area contributed by atoms with Gasteiger partial charge in [0.2, 0.25) is 0 Å². The van der Waals surface area contributed by atoms with Crippen LogP contribution in [0.2, 0.25) is 0 Å². The molecule has 0 aliphatic heterocycles. The Balaban J connectivity index is 2.31. The number of guanidine groups is 1. The molecule has 3 aromatic rings. The fourth-order valence-corrected chi connectivity index (χ4v) is 3.19. The number of carbonyl (C=O) groups is 1. The van der Waals surface area contributed by atoms with Gasteiger partial charge in [0, 0.05) is 11.4 Å². The van der Waals surface area contributed by atoms with Crippen LogP contribution >= 0.6 is 11.6 Å². The lowest BCUT2D eigenvalue weighted by atomic mass is 9.90. The van der Waals surface area contributed by atoms with E-state index in [-0.39, 0.29) is 5.96 Å². The summed E-state index contributed by atoms with van der Waals surface area (Å²) in [6.45, 7) is 2.06. The van der Waals surface area contributed by atoms with Gasteiger partial charge in [-0.1, -0.05) is 42.5 Å². The average Bonchev–Trinajstić information content (AvgIpc) is 2.60. The van der Waals surface area contributed by atoms with E-state index in [2.05, 4.69) is 24.0 Å². The van der Waals surface area contributed by atoms with Gasteiger partial charge in [-0.15, -0.1) is 11.6 Å². The molecule has 0 aliphatic rings. The maximum absolute atomic E-state index is 12.2. The van der Waals surface area contributed by atoms with Crippen LogP contribution in [0.1, 0.15) is 21.5 Å². The van der Waals surface area contributed by atoms with Crippen LogP contribution in [0.4, 0.5) is 0 Å². The van der Waals surface area contributed by atoms with Gasteiger partial charge in [-0.05, 0) is 52.1 Å². The highest BCUT2D eigenvalue weighted by atomic mass is 35.5. The number of hydrogen-bond donors (Lipinski definition) is 2. The lowest BCUT2D eigenvalue weighted by Crippen LogP contribution is -2.24. The van der Waals surface area contributed by atoms with E-state index >= 15 is 0 Å². The second-order valence-electron chi connectivity index (χ2n) is 5.83. The van der Waals surface area contributed by atoms with Crippen LogP contribution in [0, 0.1) is 6.92 Å². The number of benzene rings is 3. The molecule has 0 radical (unpaired) electrons. The third-order valence-electron chi connectivity index (χ3n) is 4.14. The van der Waals surface area contributed by atoms with E-state index in [1.165, 1.54) is 0 Å². The Morgan fingerprint density at radius 3 is 2.48 bits per heavy atom. The highest BCUT2D eigenvalue weighted by Crippen LogP contribution is 2.35. The van der Waals surface area contributed by atoms with Gasteiger partial charge in [0.25, 0.3) is 5.91 Å². The van der Waals surface area contributed by atoms with Crippen LogP contribution in [0.15, 0.2) is 59.6 Å². The summed E-state index contributed by atoms with van der Waals surface area (Å²) >= 11 is 6.18. The number of carbonyl (C=O) groups excluding carboxylic acids is 1. The summed E-state index contributed by atoms with van der Waals surface area (Å²) in [6.07, 6.45) is 0. The van der Waals surface area contributed by atoms with Crippen molar-refractivity contribution in [1.29, 1.82) is 0 Å². The number of halogens is 1. The Hall–Kier alpha value is -2.85. The van der Waals surface area contributed by atoms with Crippen LogP contribution in [0.5, 0.6) is 0 Å². The van der Waals surface area contributed by atoms with Gasteiger partial charge in [0.15, 0.2) is 5.96 Å². The Labute approximate surface area is 151 Å². The van der Waals surface area contributed by atoms with E-state index in [1.54, 1.807) is 6.07 Å². The summed E-state index contributed by atoms with van der Waals surface area (Å²) in [5, 5.41) is 1.97. The fraction of sp³-hybridized carbons (Fsp3) is 0.100. The minimum Gasteiger partial charge on any atom is -0.370 e. The number of alkyl halides is 1. The molecule has 0 bridgehead atoms. The Morgan fingerprint density at radius 1 is 1.08 bits per heavy atom. The van der Waals surface area contributed by atoms with Crippen molar-refractivity contribution in [3.05, 3.63) is 71.3 Å². The quantitative estimate of drug-likeness (QED) is 0.425. The van der Waals surface area contributed by atoms with Crippen molar-refractivity contribution in [1.82, 2.24) is 0 Å². The minimum atomic E-state index is -0.464. The average molecular weight is 352 g/mol. The summed E-state index contributed by atoms with van der Waals surface area (Å²) < 4.78 is 0. The Kier molecular flexibility index (Phi) is 4.72. The van der Waals surface area contributed by atoms with Crippen LogP contribution in [0.3, 0.4) is 0 Å². The monoisotopic (exact) mass is 351 g/mol. The van der Waals surface area contributed by atoms with Crippen molar-refractivity contribution in [3.63, 3.8) is 0 Å². The number of nitrogens with two attached hydrogens (primary N) is 2. The topological polar surface area (TPSA) is 81.5 Å². The number of aryl methyl sites for hydroxylation is 1. The molecule has 25 heavy (non-hydrogen) atoms. The molecule has 1 amide bonds. The largest absolute Gasteiger partial charge is 0.370 e. The molecule has 0 saturated carbocycles. The standard InChI is InChI=1S/C20H18ClN3O/c1-12-4-2-3-5-16(12)18-15(11-21)9-7-13-6-8-14(10-17(13)18)19(25)24-20(22)23/h2-10H,11H2,1H3,(H4,22,23,24,25). The zero-order chi connectivity index (χ0) is 18.0. The highest BCUT2D eigenvalue weighted by molar-refractivity contribution is 6.18. The first-order valence-corrected chi connectivity index (χ1v) is 8.36. The molecule has 0 unspecified atom stereocenters. The summed E-state index contributed by atoms with van der Waals surface area (Å²) in [4.78, 5) is 15.8. The van der Waals surface area contributed by atoms with Crippen LogP contribution < -0.4 is 11.5 Å². The molecule has 0 atom stereocenters. The van der Waals surface area contributed by atoms with Crippen molar-refractivity contribution >= 4 is 34.2 Å². The lowest BCUT2D eigenvalue weighted by Gasteiger charge is -2.15. The van der Waals surface area contributed by atoms with Crippen LogP contribution in [0.25, 0.3) is 21.9 Å². The number of nitrogens with zero attached hydrogens (tertiary/aromatic N) is 1. The molecule has 0 fully saturated rings. The molecule has 3 aromatic carbocycles. The summed E-state index contributed by atoms with van der Waals surface area (Å²) in [5.74, 6) is -0.335. The van der Waals surface area contributed by atoms with Crippen molar-refractivity contribution < 1.29 is 4.79 Å². The maximum atomic E-state index is 12.2. The van der Waals surface area contributed by atoms with Gasteiger partial charge >= 0.3 is 0 Å². The number of rotatable bonds is 3. The maximum Gasteiger partial charge on any atom is 0.280 e. The zero-order valence-electron chi connectivity index (χ0n) is 13.8. The smallest absolute Gasteiger partial charge is 0.280 e. The van der Waals surface area contributed by atoms with Crippen LogP contribution in [-0.4, -0.2) is 11.9 Å². The number of amides is 1. The second kappa shape index (κ2) is 6.95. The Morgan fingerprint density at radius 2 is 1.80 bits per heavy atom. The molecule has 0 saturated heterocycles. The Bertz CT molecular complexity index is 991. The predicted molar refractivity (Wildman–Crippen MR) is 104 cm³/mol. The molecular weight excluding hydrogens is 334 g/mol. The lowest BCUT2D eigenvalue weighted by molar-refractivity contribution is 0.100. The van der Waals surface area contributed by atoms with Crippen molar-refractivity contribution in [2.24, 2.45) is 16.5 Å². The first kappa shape index (κ1) is 17.0. The summed E-state index contributed by atoms with van der Waals surface area (Å²) in [7, 11) is 0. The van der Waals surface area contributed by atoms with Crippen LogP contribution in [-0.2, 0) is 5.88 Å². The molecule has 0 spiro atoms. The SMILES string of the molecule is Cc1ccccc1-c1c(CCl)ccc2ccc(C(=O)N=C(N)N)cc12. The molecule has 4 nitrogen and oxygen atoms in total. The molecular formula is C20H18ClN3O. The first-order chi connectivity index (χ1) is 12.0. The predicted octanol–water partition coefficient (Wildman–Crippen LogP) is 3.97. The zero-order valence-corrected chi connectivity index (χ0v) is 14.5. The van der Waals surface area contributed by atoms with E-state index in [4.69, 9.17) is 23.1 Å². The molecule has 4 N–H and O–H groups in total. The van der Waals surface area contributed by atoms with Crippen molar-refractivity contribution in [2.75, 3.05) is 0 Å². The van der Waals surface area contributed by atoms with Crippen molar-refractivity contribution in [3.8, 4) is 11.1 Å². The third kappa shape index (κ3) is 3.35. The number of aliphatic imine (C=N–C) groups is 1. The van der Waals surface area contributed by atoms with Gasteiger partial charge in [-0.3, -0.25) is 4.79 Å². The van der Waals surface area contributed by atoms with Gasteiger partial charge in [-0.2, -0.15) is 4.99 Å². The van der Waals surface area contributed by atoms with E-state index in [1.807, 2.05) is 36.4 Å². The second-order valence-corrected chi connectivity index (χ2v) is 6.09. The highest BCUT2D eigenvalue weighted by Gasteiger charge is 2.14. The van der Waals surface area contributed by atoms with E-state index in [9.17, 15) is 4.79 Å². The summed E-state index contributed by atoms with van der Waals surface area (Å²) in [6, 6.07) is 17.6. The normalized spacial score (nSPS) is 10.6. The van der Waals surface area contributed by atoms with Gasteiger partial charge in [-0.25, -0.2) is 0 Å². The molecule has 0 aromatic heterocycles.